The van der Waals surface area contributed by atoms with Crippen LogP contribution in [0, 0.1) is 0 Å². The molecule has 3 aromatic rings. The Morgan fingerprint density at radius 1 is 1.27 bits per heavy atom. The minimum absolute atomic E-state index is 0.889. The maximum atomic E-state index is 4.42. The molecule has 2 aromatic heterocycles. The normalized spacial score (nSPS) is 13.6. The van der Waals surface area contributed by atoms with E-state index >= 15 is 0 Å². The van der Waals surface area contributed by atoms with Crippen LogP contribution in [0.15, 0.2) is 40.6 Å². The fourth-order valence-electron chi connectivity index (χ4n) is 2.04. The van der Waals surface area contributed by atoms with Crippen molar-refractivity contribution in [3.05, 3.63) is 36.0 Å². The highest BCUT2D eigenvalue weighted by Gasteiger charge is 2.11. The van der Waals surface area contributed by atoms with E-state index in [1.807, 2.05) is 30.6 Å². The number of nitrogens with zero attached hydrogens (tertiary/aromatic N) is 4. The Labute approximate surface area is 84.6 Å². The van der Waals surface area contributed by atoms with Crippen LogP contribution in [0.4, 0.5) is 5.69 Å². The zero-order chi connectivity index (χ0) is 9.83. The minimum Gasteiger partial charge on any atom is -0.313 e. The lowest BCUT2D eigenvalue weighted by atomic mass is 10.4. The lowest BCUT2D eigenvalue weighted by molar-refractivity contribution is 1.23. The summed E-state index contributed by atoms with van der Waals surface area (Å²) in [7, 11) is 0. The van der Waals surface area contributed by atoms with Crippen molar-refractivity contribution in [3.8, 4) is 0 Å². The number of rotatable bonds is 0. The van der Waals surface area contributed by atoms with Gasteiger partial charge in [-0.25, -0.2) is 9.98 Å². The molecular weight excluding hydrogens is 188 g/mol. The van der Waals surface area contributed by atoms with Gasteiger partial charge >= 0.3 is 0 Å². The molecule has 3 heterocycles. The van der Waals surface area contributed by atoms with Gasteiger partial charge in [0.2, 0.25) is 0 Å². The van der Waals surface area contributed by atoms with Crippen LogP contribution < -0.4 is 5.36 Å². The van der Waals surface area contributed by atoms with E-state index in [0.717, 1.165) is 27.6 Å². The van der Waals surface area contributed by atoms with Crippen molar-refractivity contribution < 1.29 is 0 Å². The molecule has 4 rings (SSSR count). The zero-order valence-corrected chi connectivity index (χ0v) is 7.75. The maximum absolute atomic E-state index is 4.42. The molecule has 0 unspecified atom stereocenters. The second-order valence-corrected chi connectivity index (χ2v) is 3.55. The summed E-state index contributed by atoms with van der Waals surface area (Å²) in [5, 5.41) is 0.889. The van der Waals surface area contributed by atoms with Crippen molar-refractivity contribution in [2.45, 2.75) is 0 Å². The number of aliphatic imine (C=N–C) groups is 1. The van der Waals surface area contributed by atoms with Gasteiger partial charge in [0.25, 0.3) is 0 Å². The van der Waals surface area contributed by atoms with Gasteiger partial charge in [-0.15, -0.1) is 0 Å². The Hall–Kier alpha value is -2.23. The smallest absolute Gasteiger partial charge is 0.118 e. The molecule has 0 atom stereocenters. The first-order valence-corrected chi connectivity index (χ1v) is 4.72. The summed E-state index contributed by atoms with van der Waals surface area (Å²) in [4.78, 5) is 12.8. The van der Waals surface area contributed by atoms with Crippen molar-refractivity contribution in [2.24, 2.45) is 9.98 Å². The van der Waals surface area contributed by atoms with Crippen LogP contribution in [-0.2, 0) is 0 Å². The molecule has 4 nitrogen and oxygen atoms in total. The molecule has 4 heteroatoms. The summed E-state index contributed by atoms with van der Waals surface area (Å²) in [6.07, 6.45) is 5.46. The van der Waals surface area contributed by atoms with E-state index in [1.54, 1.807) is 6.34 Å². The van der Waals surface area contributed by atoms with Gasteiger partial charge in [0, 0.05) is 6.20 Å². The van der Waals surface area contributed by atoms with Crippen LogP contribution in [0.3, 0.4) is 0 Å². The highest BCUT2D eigenvalue weighted by atomic mass is 15.0. The Kier molecular flexibility index (Phi) is 1.06. The van der Waals surface area contributed by atoms with Crippen LogP contribution in [0.1, 0.15) is 0 Å². The van der Waals surface area contributed by atoms with E-state index in [1.165, 1.54) is 0 Å². The van der Waals surface area contributed by atoms with E-state index in [9.17, 15) is 0 Å². The maximum Gasteiger partial charge on any atom is 0.118 e. The Bertz CT molecular complexity index is 767. The standard InChI is InChI=1S/C11H6N4/c1-2-7-5-12-11-9(15(7)3-1)4-8-10(11)14-6-13-8/h1-6H. The fourth-order valence-corrected chi connectivity index (χ4v) is 2.04. The fraction of sp³-hybridized carbons (Fsp3) is 0. The molecule has 70 valence electrons. The molecule has 15 heavy (non-hydrogen) atoms. The molecule has 1 aliphatic rings. The van der Waals surface area contributed by atoms with Crippen LogP contribution in [0.5, 0.6) is 0 Å². The predicted octanol–water partition coefficient (Wildman–Crippen LogP) is 1.50. The highest BCUT2D eigenvalue weighted by Crippen LogP contribution is 2.20. The minimum atomic E-state index is 0.889. The molecule has 0 spiro atoms. The molecule has 1 aliphatic heterocycles. The Morgan fingerprint density at radius 2 is 2.27 bits per heavy atom. The summed E-state index contributed by atoms with van der Waals surface area (Å²) in [6, 6.07) is 6.07. The summed E-state index contributed by atoms with van der Waals surface area (Å²) >= 11 is 0. The zero-order valence-electron chi connectivity index (χ0n) is 7.75. The molecular formula is C11H6N4. The van der Waals surface area contributed by atoms with Crippen molar-refractivity contribution in [1.29, 1.82) is 0 Å². The van der Waals surface area contributed by atoms with Gasteiger partial charge in [-0.3, -0.25) is 4.98 Å². The average molecular weight is 194 g/mol. The van der Waals surface area contributed by atoms with Crippen molar-refractivity contribution >= 4 is 28.6 Å². The first kappa shape index (κ1) is 7.11. The number of aromatic nitrogens is 2. The third kappa shape index (κ3) is 0.747. The molecule has 1 aromatic carbocycles. The van der Waals surface area contributed by atoms with Crippen molar-refractivity contribution in [3.63, 3.8) is 0 Å². The predicted molar refractivity (Wildman–Crippen MR) is 57.6 cm³/mol. The lowest BCUT2D eigenvalue weighted by Gasteiger charge is -1.95. The van der Waals surface area contributed by atoms with Gasteiger partial charge < -0.3 is 4.40 Å². The van der Waals surface area contributed by atoms with E-state index in [-0.39, 0.29) is 0 Å². The summed E-state index contributed by atoms with van der Waals surface area (Å²) in [5.74, 6) is 0. The van der Waals surface area contributed by atoms with Gasteiger partial charge in [0.15, 0.2) is 0 Å². The number of hydrogen-bond donors (Lipinski definition) is 0. The van der Waals surface area contributed by atoms with Gasteiger partial charge in [-0.1, -0.05) is 0 Å². The molecule has 0 saturated heterocycles. The number of hydrogen-bond acceptors (Lipinski definition) is 3. The quantitative estimate of drug-likeness (QED) is 0.534. The summed E-state index contributed by atoms with van der Waals surface area (Å²) in [6.45, 7) is 0. The van der Waals surface area contributed by atoms with Crippen molar-refractivity contribution in [2.75, 3.05) is 0 Å². The summed E-state index contributed by atoms with van der Waals surface area (Å²) < 4.78 is 2.10. The van der Waals surface area contributed by atoms with Crippen molar-refractivity contribution in [1.82, 2.24) is 9.38 Å². The first-order valence-electron chi connectivity index (χ1n) is 4.72. The van der Waals surface area contributed by atoms with Crippen LogP contribution in [-0.4, -0.2) is 15.7 Å². The lowest BCUT2D eigenvalue weighted by Crippen LogP contribution is -1.98. The topological polar surface area (TPSA) is 42.0 Å². The largest absolute Gasteiger partial charge is 0.313 e. The SMILES string of the molecule is C1=Nc2cc3c(ncc4cccn43)c2=N1. The average Bonchev–Trinajstić information content (AvgIpc) is 2.90. The highest BCUT2D eigenvalue weighted by molar-refractivity contribution is 5.88. The second-order valence-electron chi connectivity index (χ2n) is 3.55. The molecule has 0 saturated carbocycles. The van der Waals surface area contributed by atoms with E-state index in [2.05, 4.69) is 19.4 Å². The molecule has 0 aliphatic carbocycles. The van der Waals surface area contributed by atoms with Crippen LogP contribution in [0.25, 0.3) is 16.6 Å². The van der Waals surface area contributed by atoms with E-state index in [4.69, 9.17) is 0 Å². The molecule has 0 N–H and O–H groups in total. The van der Waals surface area contributed by atoms with E-state index < -0.39 is 0 Å². The Morgan fingerprint density at radius 3 is 3.27 bits per heavy atom. The van der Waals surface area contributed by atoms with E-state index in [0.29, 0.717) is 0 Å². The molecule has 0 fully saturated rings. The van der Waals surface area contributed by atoms with Gasteiger partial charge in [-0.05, 0) is 18.2 Å². The third-order valence-corrected chi connectivity index (χ3v) is 2.73. The van der Waals surface area contributed by atoms with Crippen LogP contribution in [0.2, 0.25) is 0 Å². The molecule has 0 amide bonds. The van der Waals surface area contributed by atoms with Crippen LogP contribution >= 0.6 is 0 Å². The Balaban J connectivity index is 2.37. The van der Waals surface area contributed by atoms with Gasteiger partial charge in [0.1, 0.15) is 17.2 Å². The summed E-state index contributed by atoms with van der Waals surface area (Å²) in [5.41, 5.74) is 4.00. The van der Waals surface area contributed by atoms with Gasteiger partial charge in [0.05, 0.1) is 22.9 Å². The van der Waals surface area contributed by atoms with Gasteiger partial charge in [-0.2, -0.15) is 0 Å². The molecule has 0 radical (unpaired) electrons. The third-order valence-electron chi connectivity index (χ3n) is 2.73. The monoisotopic (exact) mass is 194 g/mol. The second kappa shape index (κ2) is 2.23. The first-order chi connectivity index (χ1) is 7.43. The number of fused-ring (bicyclic) bond motifs is 5. The molecule has 0 bridgehead atoms.